The van der Waals surface area contributed by atoms with Crippen LogP contribution in [0.5, 0.6) is 0 Å². The van der Waals surface area contributed by atoms with Crippen molar-refractivity contribution in [2.45, 2.75) is 0 Å². The van der Waals surface area contributed by atoms with E-state index >= 15 is 0 Å². The van der Waals surface area contributed by atoms with Crippen LogP contribution in [0.2, 0.25) is 5.02 Å². The first-order valence-electron chi connectivity index (χ1n) is 7.69. The lowest BCUT2D eigenvalue weighted by molar-refractivity contribution is -0.384. The van der Waals surface area contributed by atoms with Crippen LogP contribution in [0.25, 0.3) is 21.9 Å². The molecule has 1 heterocycles. The van der Waals surface area contributed by atoms with Crippen molar-refractivity contribution >= 4 is 50.8 Å². The van der Waals surface area contributed by atoms with Crippen LogP contribution in [0.15, 0.2) is 65.1 Å². The molecule has 0 unspecified atom stereocenters. The number of non-ortho nitro benzene ring substituents is 1. The predicted octanol–water partition coefficient (Wildman–Crippen LogP) is 5.40. The van der Waals surface area contributed by atoms with E-state index < -0.39 is 10.8 Å². The average molecular weight is 367 g/mol. The highest BCUT2D eigenvalue weighted by molar-refractivity contribution is 6.34. The summed E-state index contributed by atoms with van der Waals surface area (Å²) in [6.07, 6.45) is 0. The summed E-state index contributed by atoms with van der Waals surface area (Å²) < 4.78 is 5.79. The van der Waals surface area contributed by atoms with E-state index in [0.29, 0.717) is 11.3 Å². The maximum atomic E-state index is 12.4. The van der Waals surface area contributed by atoms with Crippen LogP contribution >= 0.6 is 11.6 Å². The van der Waals surface area contributed by atoms with Gasteiger partial charge in [-0.05, 0) is 24.3 Å². The van der Waals surface area contributed by atoms with Gasteiger partial charge in [0, 0.05) is 34.7 Å². The number of carbonyl (C=O) groups is 1. The molecule has 128 valence electrons. The second-order valence-electron chi connectivity index (χ2n) is 5.68. The number of amides is 1. The molecule has 7 heteroatoms. The van der Waals surface area contributed by atoms with Crippen molar-refractivity contribution in [1.82, 2.24) is 0 Å². The lowest BCUT2D eigenvalue weighted by Gasteiger charge is -2.06. The molecule has 3 aromatic carbocycles. The molecule has 0 aliphatic rings. The number of nitrogens with one attached hydrogen (secondary N) is 1. The normalized spacial score (nSPS) is 11.0. The summed E-state index contributed by atoms with van der Waals surface area (Å²) in [4.78, 5) is 22.6. The van der Waals surface area contributed by atoms with Crippen molar-refractivity contribution in [1.29, 1.82) is 0 Å². The molecule has 0 atom stereocenters. The summed E-state index contributed by atoms with van der Waals surface area (Å²) in [6, 6.07) is 16.8. The number of carbonyl (C=O) groups excluding carboxylic acids is 1. The largest absolute Gasteiger partial charge is 0.456 e. The molecule has 1 aromatic heterocycles. The number of benzene rings is 3. The summed E-state index contributed by atoms with van der Waals surface area (Å²) in [7, 11) is 0. The maximum Gasteiger partial charge on any atom is 0.270 e. The standard InChI is InChI=1S/C19H11ClN2O4/c20-16-10-12(22(24)25)6-8-15(16)19(23)21-11-5-7-14-13-3-1-2-4-17(13)26-18(14)9-11/h1-10H,(H,21,23). The molecule has 0 aliphatic heterocycles. The second-order valence-corrected chi connectivity index (χ2v) is 6.09. The van der Waals surface area contributed by atoms with E-state index in [9.17, 15) is 14.9 Å². The quantitative estimate of drug-likeness (QED) is 0.388. The number of nitrogens with zero attached hydrogens (tertiary/aromatic N) is 1. The number of rotatable bonds is 3. The van der Waals surface area contributed by atoms with Crippen molar-refractivity contribution in [3.63, 3.8) is 0 Å². The molecule has 0 aliphatic carbocycles. The topological polar surface area (TPSA) is 85.4 Å². The first-order valence-corrected chi connectivity index (χ1v) is 8.07. The number of para-hydroxylation sites is 1. The zero-order chi connectivity index (χ0) is 18.3. The van der Waals surface area contributed by atoms with Crippen LogP contribution in [0, 0.1) is 10.1 Å². The van der Waals surface area contributed by atoms with Crippen LogP contribution in [0.4, 0.5) is 11.4 Å². The fourth-order valence-corrected chi connectivity index (χ4v) is 3.06. The molecule has 0 bridgehead atoms. The van der Waals surface area contributed by atoms with Crippen molar-refractivity contribution in [3.8, 4) is 0 Å². The van der Waals surface area contributed by atoms with Gasteiger partial charge in [-0.1, -0.05) is 29.8 Å². The molecule has 0 spiro atoms. The molecular weight excluding hydrogens is 356 g/mol. The Hall–Kier alpha value is -3.38. The number of nitro groups is 1. The monoisotopic (exact) mass is 366 g/mol. The lowest BCUT2D eigenvalue weighted by Crippen LogP contribution is -2.12. The van der Waals surface area contributed by atoms with E-state index in [1.807, 2.05) is 30.3 Å². The Morgan fingerprint density at radius 2 is 1.77 bits per heavy atom. The third kappa shape index (κ3) is 2.76. The molecule has 0 saturated heterocycles. The van der Waals surface area contributed by atoms with E-state index in [0.717, 1.165) is 22.4 Å². The Morgan fingerprint density at radius 1 is 1.00 bits per heavy atom. The molecular formula is C19H11ClN2O4. The maximum absolute atomic E-state index is 12.4. The minimum Gasteiger partial charge on any atom is -0.456 e. The highest BCUT2D eigenvalue weighted by Gasteiger charge is 2.16. The van der Waals surface area contributed by atoms with Crippen LogP contribution < -0.4 is 5.32 Å². The van der Waals surface area contributed by atoms with Gasteiger partial charge < -0.3 is 9.73 Å². The fourth-order valence-electron chi connectivity index (χ4n) is 2.80. The van der Waals surface area contributed by atoms with E-state index in [1.54, 1.807) is 12.1 Å². The Labute approximate surface area is 152 Å². The highest BCUT2D eigenvalue weighted by Crippen LogP contribution is 2.31. The summed E-state index contributed by atoms with van der Waals surface area (Å²) in [6.45, 7) is 0. The molecule has 26 heavy (non-hydrogen) atoms. The molecule has 0 radical (unpaired) electrons. The first-order chi connectivity index (χ1) is 12.5. The minimum absolute atomic E-state index is 0.0153. The molecule has 0 saturated carbocycles. The summed E-state index contributed by atoms with van der Waals surface area (Å²) >= 11 is 6.00. The SMILES string of the molecule is O=C(Nc1ccc2c(c1)oc1ccccc12)c1ccc([N+](=O)[O-])cc1Cl. The van der Waals surface area contributed by atoms with Crippen molar-refractivity contribution in [2.24, 2.45) is 0 Å². The summed E-state index contributed by atoms with van der Waals surface area (Å²) in [5, 5.41) is 15.5. The van der Waals surface area contributed by atoms with Gasteiger partial charge in [0.15, 0.2) is 0 Å². The van der Waals surface area contributed by atoms with Gasteiger partial charge in [-0.2, -0.15) is 0 Å². The Kier molecular flexibility index (Phi) is 3.82. The van der Waals surface area contributed by atoms with Gasteiger partial charge in [0.25, 0.3) is 11.6 Å². The van der Waals surface area contributed by atoms with Crippen LogP contribution in [-0.4, -0.2) is 10.8 Å². The molecule has 4 aromatic rings. The Morgan fingerprint density at radius 3 is 2.54 bits per heavy atom. The van der Waals surface area contributed by atoms with Crippen LogP contribution in [0.1, 0.15) is 10.4 Å². The Balaban J connectivity index is 1.65. The van der Waals surface area contributed by atoms with Gasteiger partial charge in [0.05, 0.1) is 15.5 Å². The molecule has 1 amide bonds. The van der Waals surface area contributed by atoms with Gasteiger partial charge in [-0.25, -0.2) is 0 Å². The molecule has 4 rings (SSSR count). The average Bonchev–Trinajstić information content (AvgIpc) is 2.99. The van der Waals surface area contributed by atoms with Crippen molar-refractivity contribution in [2.75, 3.05) is 5.32 Å². The highest BCUT2D eigenvalue weighted by atomic mass is 35.5. The number of halogens is 1. The number of nitro benzene ring substituents is 1. The van der Waals surface area contributed by atoms with E-state index in [4.69, 9.17) is 16.0 Å². The van der Waals surface area contributed by atoms with E-state index in [1.165, 1.54) is 12.1 Å². The molecule has 6 nitrogen and oxygen atoms in total. The van der Waals surface area contributed by atoms with E-state index in [-0.39, 0.29) is 16.3 Å². The van der Waals surface area contributed by atoms with E-state index in [2.05, 4.69) is 5.32 Å². The predicted molar refractivity (Wildman–Crippen MR) is 99.8 cm³/mol. The number of hydrogen-bond acceptors (Lipinski definition) is 4. The smallest absolute Gasteiger partial charge is 0.270 e. The second kappa shape index (κ2) is 6.16. The van der Waals surface area contributed by atoms with Crippen LogP contribution in [0.3, 0.4) is 0 Å². The number of fused-ring (bicyclic) bond motifs is 3. The van der Waals surface area contributed by atoms with Crippen molar-refractivity contribution < 1.29 is 14.1 Å². The van der Waals surface area contributed by atoms with Crippen LogP contribution in [-0.2, 0) is 0 Å². The van der Waals surface area contributed by atoms with Gasteiger partial charge in [0.1, 0.15) is 11.2 Å². The first kappa shape index (κ1) is 16.1. The lowest BCUT2D eigenvalue weighted by atomic mass is 10.1. The van der Waals surface area contributed by atoms with Gasteiger partial charge in [-0.3, -0.25) is 14.9 Å². The zero-order valence-corrected chi connectivity index (χ0v) is 14.0. The Bertz CT molecular complexity index is 1180. The van der Waals surface area contributed by atoms with Crippen molar-refractivity contribution in [3.05, 3.63) is 81.4 Å². The third-order valence-electron chi connectivity index (χ3n) is 4.04. The number of anilines is 1. The molecule has 1 N–H and O–H groups in total. The summed E-state index contributed by atoms with van der Waals surface area (Å²) in [5.41, 5.74) is 1.94. The zero-order valence-electron chi connectivity index (χ0n) is 13.2. The fraction of sp³-hybridized carbons (Fsp3) is 0. The van der Waals surface area contributed by atoms with Gasteiger partial charge >= 0.3 is 0 Å². The van der Waals surface area contributed by atoms with Gasteiger partial charge in [-0.15, -0.1) is 0 Å². The molecule has 0 fully saturated rings. The number of hydrogen-bond donors (Lipinski definition) is 1. The minimum atomic E-state index is -0.566. The third-order valence-corrected chi connectivity index (χ3v) is 4.36. The van der Waals surface area contributed by atoms with Gasteiger partial charge in [0.2, 0.25) is 0 Å². The summed E-state index contributed by atoms with van der Waals surface area (Å²) in [5.74, 6) is -0.458. The number of furan rings is 1.